The molecule has 0 aliphatic carbocycles. The van der Waals surface area contributed by atoms with Crippen molar-refractivity contribution >= 4 is 5.69 Å². The van der Waals surface area contributed by atoms with Crippen LogP contribution in [-0.2, 0) is 11.7 Å². The molecule has 0 atom stereocenters. The number of hydrogen-bond donors (Lipinski definition) is 1. The Morgan fingerprint density at radius 2 is 1.86 bits per heavy atom. The number of benzene rings is 1. The van der Waals surface area contributed by atoms with Gasteiger partial charge in [0.2, 0.25) is 0 Å². The van der Waals surface area contributed by atoms with Crippen molar-refractivity contribution in [1.29, 1.82) is 0 Å². The van der Waals surface area contributed by atoms with Gasteiger partial charge in [-0.25, -0.2) is 4.39 Å². The van der Waals surface area contributed by atoms with E-state index in [0.29, 0.717) is 17.7 Å². The van der Waals surface area contributed by atoms with Crippen LogP contribution < -0.4 is 5.32 Å². The second-order valence-electron chi connectivity index (χ2n) is 5.50. The van der Waals surface area contributed by atoms with E-state index >= 15 is 0 Å². The maximum atomic E-state index is 13.6. The van der Waals surface area contributed by atoms with Crippen LogP contribution in [0.15, 0.2) is 12.1 Å². The average Bonchev–Trinajstić information content (AvgIpc) is 2.69. The Morgan fingerprint density at radius 1 is 1.19 bits per heavy atom. The molecular weight excluding hydrogens is 288 g/mol. The van der Waals surface area contributed by atoms with E-state index in [1.165, 1.54) is 4.57 Å². The fourth-order valence-electron chi connectivity index (χ4n) is 2.58. The van der Waals surface area contributed by atoms with Gasteiger partial charge in [0.15, 0.2) is 5.82 Å². The summed E-state index contributed by atoms with van der Waals surface area (Å²) < 4.78 is 54.6. The maximum Gasteiger partial charge on any atom is 0.418 e. The molecule has 0 amide bonds. The first-order valence-corrected chi connectivity index (χ1v) is 6.23. The molecular formula is C13H12F4N4. The highest BCUT2D eigenvalue weighted by Crippen LogP contribution is 2.44. The first-order valence-electron chi connectivity index (χ1n) is 6.23. The number of nitrogens with one attached hydrogen (secondary N) is 1. The van der Waals surface area contributed by atoms with Crippen LogP contribution in [0.3, 0.4) is 0 Å². The van der Waals surface area contributed by atoms with Crippen LogP contribution in [-0.4, -0.2) is 14.8 Å². The minimum absolute atomic E-state index is 0.0720. The number of alkyl halides is 3. The molecule has 0 unspecified atom stereocenters. The van der Waals surface area contributed by atoms with E-state index in [0.717, 1.165) is 6.07 Å². The van der Waals surface area contributed by atoms with Crippen molar-refractivity contribution in [1.82, 2.24) is 14.8 Å². The standard InChI is InChI=1S/C13H12F4N4/c1-6-19-20-11-12(2,3)18-9-5-7(14)4-8(13(15,16)17)10(9)21(6)11/h4-5,18H,1-3H3. The smallest absolute Gasteiger partial charge is 0.371 e. The summed E-state index contributed by atoms with van der Waals surface area (Å²) >= 11 is 0. The SMILES string of the molecule is Cc1nnc2n1-c1c(cc(F)cc1C(F)(F)F)NC2(C)C. The molecule has 3 rings (SSSR count). The van der Waals surface area contributed by atoms with Crippen LogP contribution in [0.2, 0.25) is 0 Å². The molecule has 0 radical (unpaired) electrons. The van der Waals surface area contributed by atoms with E-state index in [1.807, 2.05) is 0 Å². The van der Waals surface area contributed by atoms with Crippen molar-refractivity contribution in [2.75, 3.05) is 5.32 Å². The molecule has 0 bridgehead atoms. The monoisotopic (exact) mass is 300 g/mol. The molecule has 1 aromatic carbocycles. The lowest BCUT2D eigenvalue weighted by atomic mass is 9.98. The van der Waals surface area contributed by atoms with Crippen LogP contribution in [0.4, 0.5) is 23.2 Å². The third kappa shape index (κ3) is 1.97. The minimum Gasteiger partial charge on any atom is -0.371 e. The molecule has 112 valence electrons. The molecule has 0 saturated carbocycles. The molecule has 1 aliphatic heterocycles. The molecule has 0 spiro atoms. The number of fused-ring (bicyclic) bond motifs is 3. The highest BCUT2D eigenvalue weighted by molar-refractivity contribution is 5.70. The minimum atomic E-state index is -4.68. The van der Waals surface area contributed by atoms with E-state index in [9.17, 15) is 17.6 Å². The van der Waals surface area contributed by atoms with E-state index in [-0.39, 0.29) is 11.4 Å². The summed E-state index contributed by atoms with van der Waals surface area (Å²) in [5, 5.41) is 10.7. The Balaban J connectivity index is 2.41. The molecule has 2 aromatic rings. The predicted molar refractivity (Wildman–Crippen MR) is 67.7 cm³/mol. The number of aromatic nitrogens is 3. The van der Waals surface area contributed by atoms with E-state index in [4.69, 9.17) is 0 Å². The highest BCUT2D eigenvalue weighted by Gasteiger charge is 2.42. The Hall–Kier alpha value is -2.12. The molecule has 8 heteroatoms. The van der Waals surface area contributed by atoms with E-state index in [2.05, 4.69) is 15.5 Å². The lowest BCUT2D eigenvalue weighted by Crippen LogP contribution is -2.37. The van der Waals surface area contributed by atoms with Crippen molar-refractivity contribution < 1.29 is 17.6 Å². The Labute approximate surface area is 117 Å². The molecule has 1 aromatic heterocycles. The Morgan fingerprint density at radius 3 is 2.48 bits per heavy atom. The molecule has 0 saturated heterocycles. The van der Waals surface area contributed by atoms with Gasteiger partial charge in [-0.05, 0) is 32.9 Å². The summed E-state index contributed by atoms with van der Waals surface area (Å²) in [6, 6.07) is 1.54. The van der Waals surface area contributed by atoms with Gasteiger partial charge in [0.25, 0.3) is 0 Å². The summed E-state index contributed by atoms with van der Waals surface area (Å²) in [6.07, 6.45) is -4.68. The number of rotatable bonds is 0. The number of hydrogen-bond acceptors (Lipinski definition) is 3. The third-order valence-electron chi connectivity index (χ3n) is 3.43. The zero-order valence-electron chi connectivity index (χ0n) is 11.5. The molecule has 1 aliphatic rings. The van der Waals surface area contributed by atoms with Gasteiger partial charge in [-0.2, -0.15) is 13.2 Å². The van der Waals surface area contributed by atoms with Crippen molar-refractivity contribution in [2.45, 2.75) is 32.5 Å². The fourth-order valence-corrected chi connectivity index (χ4v) is 2.58. The van der Waals surface area contributed by atoms with Gasteiger partial charge in [0, 0.05) is 0 Å². The number of anilines is 1. The van der Waals surface area contributed by atoms with Crippen molar-refractivity contribution in [3.05, 3.63) is 35.2 Å². The maximum absolute atomic E-state index is 13.6. The summed E-state index contributed by atoms with van der Waals surface area (Å²) in [4.78, 5) is 0. The van der Waals surface area contributed by atoms with Crippen molar-refractivity contribution in [2.24, 2.45) is 0 Å². The zero-order chi connectivity index (χ0) is 15.6. The third-order valence-corrected chi connectivity index (χ3v) is 3.43. The topological polar surface area (TPSA) is 42.7 Å². The number of halogens is 4. The van der Waals surface area contributed by atoms with Gasteiger partial charge < -0.3 is 5.32 Å². The molecule has 1 N–H and O–H groups in total. The summed E-state index contributed by atoms with van der Waals surface area (Å²) in [5.74, 6) is -0.277. The van der Waals surface area contributed by atoms with Crippen molar-refractivity contribution in [3.63, 3.8) is 0 Å². The van der Waals surface area contributed by atoms with E-state index in [1.54, 1.807) is 20.8 Å². The largest absolute Gasteiger partial charge is 0.418 e. The van der Waals surface area contributed by atoms with Gasteiger partial charge in [-0.3, -0.25) is 4.57 Å². The Bertz CT molecular complexity index is 731. The second-order valence-corrected chi connectivity index (χ2v) is 5.50. The first kappa shape index (κ1) is 13.8. The van der Waals surface area contributed by atoms with E-state index < -0.39 is 23.1 Å². The van der Waals surface area contributed by atoms with Crippen molar-refractivity contribution in [3.8, 4) is 5.69 Å². The van der Waals surface area contributed by atoms with Gasteiger partial charge in [-0.1, -0.05) is 0 Å². The van der Waals surface area contributed by atoms with Crippen LogP contribution >= 0.6 is 0 Å². The fraction of sp³-hybridized carbons (Fsp3) is 0.385. The Kier molecular flexibility index (Phi) is 2.61. The lowest BCUT2D eigenvalue weighted by Gasteiger charge is -2.35. The van der Waals surface area contributed by atoms with Gasteiger partial charge in [-0.15, -0.1) is 10.2 Å². The summed E-state index contributed by atoms with van der Waals surface area (Å²) in [6.45, 7) is 5.05. The number of nitrogens with zero attached hydrogens (tertiary/aromatic N) is 3. The molecule has 2 heterocycles. The van der Waals surface area contributed by atoms with Crippen LogP contribution in [0.5, 0.6) is 0 Å². The van der Waals surface area contributed by atoms with Crippen LogP contribution in [0, 0.1) is 12.7 Å². The lowest BCUT2D eigenvalue weighted by molar-refractivity contribution is -0.137. The average molecular weight is 300 g/mol. The summed E-state index contributed by atoms with van der Waals surface area (Å²) in [7, 11) is 0. The highest BCUT2D eigenvalue weighted by atomic mass is 19.4. The van der Waals surface area contributed by atoms with Crippen LogP contribution in [0.1, 0.15) is 31.1 Å². The molecule has 4 nitrogen and oxygen atoms in total. The number of aryl methyl sites for hydroxylation is 1. The summed E-state index contributed by atoms with van der Waals surface area (Å²) in [5.41, 5.74) is -1.90. The van der Waals surface area contributed by atoms with Gasteiger partial charge >= 0.3 is 6.18 Å². The van der Waals surface area contributed by atoms with Gasteiger partial charge in [0.05, 0.1) is 22.5 Å². The molecule has 0 fully saturated rings. The quantitative estimate of drug-likeness (QED) is 0.758. The zero-order valence-corrected chi connectivity index (χ0v) is 11.5. The van der Waals surface area contributed by atoms with Gasteiger partial charge in [0.1, 0.15) is 11.6 Å². The first-order chi connectivity index (χ1) is 9.61. The molecule has 21 heavy (non-hydrogen) atoms. The predicted octanol–water partition coefficient (Wildman–Crippen LogP) is 3.39. The van der Waals surface area contributed by atoms with Crippen LogP contribution in [0.25, 0.3) is 5.69 Å². The normalized spacial score (nSPS) is 16.1. The second kappa shape index (κ2) is 3.96.